The molecule has 0 bridgehead atoms. The minimum absolute atomic E-state index is 0.0814. The lowest BCUT2D eigenvalue weighted by molar-refractivity contribution is 0.103. The number of hydrogen-bond donors (Lipinski definition) is 0. The van der Waals surface area contributed by atoms with Crippen LogP contribution >= 0.6 is 0 Å². The average molecular weight is 371 g/mol. The van der Waals surface area contributed by atoms with Gasteiger partial charge in [-0.2, -0.15) is 0 Å². The summed E-state index contributed by atoms with van der Waals surface area (Å²) in [6, 6.07) is 20.6. The Bertz CT molecular complexity index is 1240. The summed E-state index contributed by atoms with van der Waals surface area (Å²) < 4.78 is 15.1. The Morgan fingerprint density at radius 3 is 2.46 bits per heavy atom. The highest BCUT2D eigenvalue weighted by Crippen LogP contribution is 2.17. The van der Waals surface area contributed by atoms with Crippen molar-refractivity contribution in [3.8, 4) is 0 Å². The third-order valence-electron chi connectivity index (χ3n) is 4.77. The van der Waals surface area contributed by atoms with Gasteiger partial charge in [-0.05, 0) is 48.9 Å². The highest BCUT2D eigenvalue weighted by Gasteiger charge is 2.17. The van der Waals surface area contributed by atoms with E-state index in [1.807, 2.05) is 41.8 Å². The molecule has 0 atom stereocenters. The van der Waals surface area contributed by atoms with Gasteiger partial charge in [0, 0.05) is 23.7 Å². The summed E-state index contributed by atoms with van der Waals surface area (Å²) >= 11 is 0. The standard InChI is InChI=1S/C24H18FNO2/c1-16-5-4-6-17(13-16)14-26-15-21(23(27)18-9-11-19(25)12-10-18)24(28)20-7-2-3-8-22(20)26/h2-13,15H,14H2,1H3. The first-order valence-electron chi connectivity index (χ1n) is 9.01. The fraction of sp³-hybridized carbons (Fsp3) is 0.0833. The molecule has 4 rings (SSSR count). The van der Waals surface area contributed by atoms with E-state index in [0.717, 1.165) is 16.6 Å². The second kappa shape index (κ2) is 7.24. The molecular formula is C24H18FNO2. The van der Waals surface area contributed by atoms with Crippen LogP contribution in [0.1, 0.15) is 27.0 Å². The minimum Gasteiger partial charge on any atom is -0.342 e. The summed E-state index contributed by atoms with van der Waals surface area (Å²) in [6.07, 6.45) is 1.61. The Labute approximate surface area is 161 Å². The van der Waals surface area contributed by atoms with Gasteiger partial charge in [-0.3, -0.25) is 9.59 Å². The van der Waals surface area contributed by atoms with Crippen molar-refractivity contribution in [3.05, 3.63) is 117 Å². The van der Waals surface area contributed by atoms with Crippen LogP contribution in [0.15, 0.2) is 83.8 Å². The molecule has 0 aliphatic heterocycles. The fourth-order valence-electron chi connectivity index (χ4n) is 3.40. The van der Waals surface area contributed by atoms with E-state index >= 15 is 0 Å². The van der Waals surface area contributed by atoms with E-state index in [9.17, 15) is 14.0 Å². The lowest BCUT2D eigenvalue weighted by Crippen LogP contribution is -2.20. The number of benzene rings is 3. The number of nitrogens with zero attached hydrogens (tertiary/aromatic N) is 1. The monoisotopic (exact) mass is 371 g/mol. The first-order chi connectivity index (χ1) is 13.5. The van der Waals surface area contributed by atoms with Gasteiger partial charge in [0.25, 0.3) is 0 Å². The van der Waals surface area contributed by atoms with E-state index in [1.54, 1.807) is 18.3 Å². The summed E-state index contributed by atoms with van der Waals surface area (Å²) in [7, 11) is 0. The van der Waals surface area contributed by atoms with Crippen LogP contribution in [0.5, 0.6) is 0 Å². The highest BCUT2D eigenvalue weighted by molar-refractivity contribution is 6.10. The van der Waals surface area contributed by atoms with Crippen LogP contribution in [0.25, 0.3) is 10.9 Å². The first kappa shape index (κ1) is 17.9. The number of pyridine rings is 1. The second-order valence-electron chi connectivity index (χ2n) is 6.84. The van der Waals surface area contributed by atoms with Crippen LogP contribution in [0.4, 0.5) is 4.39 Å². The Hall–Kier alpha value is -3.53. The summed E-state index contributed by atoms with van der Waals surface area (Å²) in [5.41, 5.74) is 3.04. The zero-order chi connectivity index (χ0) is 19.7. The third-order valence-corrected chi connectivity index (χ3v) is 4.77. The number of rotatable bonds is 4. The Kier molecular flexibility index (Phi) is 4.62. The molecule has 0 saturated heterocycles. The summed E-state index contributed by atoms with van der Waals surface area (Å²) in [5.74, 6) is -0.833. The van der Waals surface area contributed by atoms with Crippen LogP contribution in [-0.2, 0) is 6.54 Å². The van der Waals surface area contributed by atoms with Gasteiger partial charge in [-0.15, -0.1) is 0 Å². The van der Waals surface area contributed by atoms with Crippen molar-refractivity contribution in [3.63, 3.8) is 0 Å². The van der Waals surface area contributed by atoms with Crippen molar-refractivity contribution in [2.45, 2.75) is 13.5 Å². The second-order valence-corrected chi connectivity index (χ2v) is 6.84. The van der Waals surface area contributed by atoms with Crippen LogP contribution in [0.3, 0.4) is 0 Å². The number of carbonyl (C=O) groups is 1. The van der Waals surface area contributed by atoms with E-state index in [1.165, 1.54) is 24.3 Å². The number of aryl methyl sites for hydroxylation is 1. The highest BCUT2D eigenvalue weighted by atomic mass is 19.1. The van der Waals surface area contributed by atoms with Gasteiger partial charge in [0.1, 0.15) is 5.82 Å². The molecule has 0 N–H and O–H groups in total. The van der Waals surface area contributed by atoms with Crippen molar-refractivity contribution >= 4 is 16.7 Å². The molecule has 0 radical (unpaired) electrons. The molecule has 1 aromatic heterocycles. The zero-order valence-corrected chi connectivity index (χ0v) is 15.4. The number of para-hydroxylation sites is 1. The van der Waals surface area contributed by atoms with Gasteiger partial charge in [-0.25, -0.2) is 4.39 Å². The molecule has 0 aliphatic rings. The van der Waals surface area contributed by atoms with Crippen LogP contribution in [0.2, 0.25) is 0 Å². The summed E-state index contributed by atoms with van der Waals surface area (Å²) in [6.45, 7) is 2.56. The van der Waals surface area contributed by atoms with Crippen LogP contribution in [0, 0.1) is 12.7 Å². The molecule has 1 heterocycles. The molecule has 3 aromatic carbocycles. The molecule has 0 spiro atoms. The Balaban J connectivity index is 1.87. The molecule has 0 amide bonds. The largest absolute Gasteiger partial charge is 0.342 e. The van der Waals surface area contributed by atoms with E-state index in [-0.39, 0.29) is 16.6 Å². The molecule has 0 saturated carbocycles. The van der Waals surface area contributed by atoms with Gasteiger partial charge in [0.05, 0.1) is 11.1 Å². The molecule has 0 unspecified atom stereocenters. The van der Waals surface area contributed by atoms with E-state index in [2.05, 4.69) is 6.07 Å². The van der Waals surface area contributed by atoms with Crippen molar-refractivity contribution < 1.29 is 9.18 Å². The average Bonchev–Trinajstić information content (AvgIpc) is 2.70. The summed E-state index contributed by atoms with van der Waals surface area (Å²) in [5, 5.41) is 0.489. The minimum atomic E-state index is -0.424. The fourth-order valence-corrected chi connectivity index (χ4v) is 3.40. The molecule has 3 nitrogen and oxygen atoms in total. The number of aromatic nitrogens is 1. The van der Waals surface area contributed by atoms with Crippen LogP contribution in [-0.4, -0.2) is 10.4 Å². The van der Waals surface area contributed by atoms with Gasteiger partial charge in [0.15, 0.2) is 5.78 Å². The van der Waals surface area contributed by atoms with E-state index < -0.39 is 11.6 Å². The predicted molar refractivity (Wildman–Crippen MR) is 108 cm³/mol. The van der Waals surface area contributed by atoms with Gasteiger partial charge in [-0.1, -0.05) is 42.0 Å². The molecular weight excluding hydrogens is 353 g/mol. The summed E-state index contributed by atoms with van der Waals surface area (Å²) in [4.78, 5) is 25.9. The number of carbonyl (C=O) groups excluding carboxylic acids is 1. The van der Waals surface area contributed by atoms with Crippen molar-refractivity contribution in [2.75, 3.05) is 0 Å². The van der Waals surface area contributed by atoms with Gasteiger partial charge >= 0.3 is 0 Å². The maximum atomic E-state index is 13.2. The zero-order valence-electron chi connectivity index (χ0n) is 15.4. The van der Waals surface area contributed by atoms with Crippen molar-refractivity contribution in [1.29, 1.82) is 0 Å². The molecule has 138 valence electrons. The molecule has 4 heteroatoms. The SMILES string of the molecule is Cc1cccc(Cn2cc(C(=O)c3ccc(F)cc3)c(=O)c3ccccc32)c1. The first-order valence-corrected chi connectivity index (χ1v) is 9.01. The molecule has 28 heavy (non-hydrogen) atoms. The molecule has 0 aliphatic carbocycles. The lowest BCUT2D eigenvalue weighted by atomic mass is 10.0. The van der Waals surface area contributed by atoms with E-state index in [4.69, 9.17) is 0 Å². The smallest absolute Gasteiger partial charge is 0.200 e. The van der Waals surface area contributed by atoms with Gasteiger partial charge < -0.3 is 4.57 Å². The number of hydrogen-bond acceptors (Lipinski definition) is 2. The van der Waals surface area contributed by atoms with E-state index in [0.29, 0.717) is 11.9 Å². The topological polar surface area (TPSA) is 39.1 Å². The third kappa shape index (κ3) is 3.37. The Morgan fingerprint density at radius 2 is 1.71 bits per heavy atom. The normalized spacial score (nSPS) is 10.9. The lowest BCUT2D eigenvalue weighted by Gasteiger charge is -2.14. The van der Waals surface area contributed by atoms with Gasteiger partial charge in [0.2, 0.25) is 5.43 Å². The van der Waals surface area contributed by atoms with Crippen molar-refractivity contribution in [2.24, 2.45) is 0 Å². The Morgan fingerprint density at radius 1 is 0.964 bits per heavy atom. The van der Waals surface area contributed by atoms with Crippen LogP contribution < -0.4 is 5.43 Å². The maximum absolute atomic E-state index is 13.2. The molecule has 4 aromatic rings. The predicted octanol–water partition coefficient (Wildman–Crippen LogP) is 4.73. The quantitative estimate of drug-likeness (QED) is 0.487. The molecule has 0 fully saturated rings. The number of ketones is 1. The van der Waals surface area contributed by atoms with Crippen molar-refractivity contribution in [1.82, 2.24) is 4.57 Å². The maximum Gasteiger partial charge on any atom is 0.200 e. The number of halogens is 1. The number of fused-ring (bicyclic) bond motifs is 1.